The number of aromatic nitrogens is 2. The van der Waals surface area contributed by atoms with Crippen molar-refractivity contribution in [3.8, 4) is 0 Å². The number of nitrogens with one attached hydrogen (secondary N) is 1. The molecule has 3 aromatic rings. The van der Waals surface area contributed by atoms with E-state index in [4.69, 9.17) is 0 Å². The standard InChI is InChI=1S/C30H39FN6O2S/c1-32-29(39)12-16-36(21-38)30-27-9-8-24(18-28(27)34(2)33-30)23-10-14-35(15-11-23)19-22-5-3-7-26(17-22)40-37-13-4-6-25(31)20-37/h3,5,7-9,17-18,21,23,25H,4,6,10-16,19-20H2,1-2H3,(H,32,39)/t25-/m0/s1. The van der Waals surface area contributed by atoms with Gasteiger partial charge >= 0.3 is 0 Å². The van der Waals surface area contributed by atoms with Gasteiger partial charge in [0.1, 0.15) is 6.17 Å². The molecule has 5 rings (SSSR count). The van der Waals surface area contributed by atoms with Crippen LogP contribution in [0.2, 0.25) is 0 Å². The smallest absolute Gasteiger partial charge is 0.221 e. The van der Waals surface area contributed by atoms with Crippen molar-refractivity contribution in [2.24, 2.45) is 7.05 Å². The van der Waals surface area contributed by atoms with Crippen LogP contribution in [0, 0.1) is 0 Å². The summed E-state index contributed by atoms with van der Waals surface area (Å²) in [6.07, 6.45) is 4.04. The van der Waals surface area contributed by atoms with Crippen LogP contribution in [-0.2, 0) is 23.2 Å². The zero-order valence-corrected chi connectivity index (χ0v) is 24.2. The van der Waals surface area contributed by atoms with Gasteiger partial charge in [0, 0.05) is 57.0 Å². The molecule has 1 N–H and O–H groups in total. The number of amides is 2. The van der Waals surface area contributed by atoms with E-state index in [-0.39, 0.29) is 18.9 Å². The number of rotatable bonds is 10. The highest BCUT2D eigenvalue weighted by Gasteiger charge is 2.24. The molecule has 0 aliphatic carbocycles. The minimum atomic E-state index is -0.710. The number of alkyl halides is 1. The fourth-order valence-corrected chi connectivity index (χ4v) is 6.88. The van der Waals surface area contributed by atoms with Crippen LogP contribution in [0.4, 0.5) is 10.2 Å². The average Bonchev–Trinajstić information content (AvgIpc) is 3.29. The predicted octanol–water partition coefficient (Wildman–Crippen LogP) is 4.49. The number of carbonyl (C=O) groups is 2. The maximum absolute atomic E-state index is 13.8. The fourth-order valence-electron chi connectivity index (χ4n) is 5.78. The quantitative estimate of drug-likeness (QED) is 0.288. The highest BCUT2D eigenvalue weighted by Crippen LogP contribution is 2.34. The number of aryl methyl sites for hydroxylation is 1. The van der Waals surface area contributed by atoms with Crippen LogP contribution in [0.15, 0.2) is 47.4 Å². The van der Waals surface area contributed by atoms with E-state index in [1.807, 2.05) is 11.7 Å². The Kier molecular flexibility index (Phi) is 9.39. The Morgan fingerprint density at radius 2 is 2.00 bits per heavy atom. The number of benzene rings is 2. The lowest BCUT2D eigenvalue weighted by molar-refractivity contribution is -0.120. The number of halogens is 1. The number of hydrogen-bond donors (Lipinski definition) is 1. The summed E-state index contributed by atoms with van der Waals surface area (Å²) in [5.41, 5.74) is 3.59. The van der Waals surface area contributed by atoms with Gasteiger partial charge in [-0.2, -0.15) is 5.10 Å². The van der Waals surface area contributed by atoms with Crippen LogP contribution in [0.5, 0.6) is 0 Å². The van der Waals surface area contributed by atoms with Gasteiger partial charge < -0.3 is 5.32 Å². The van der Waals surface area contributed by atoms with E-state index in [0.717, 1.165) is 62.8 Å². The summed E-state index contributed by atoms with van der Waals surface area (Å²) >= 11 is 1.68. The zero-order valence-electron chi connectivity index (χ0n) is 23.4. The van der Waals surface area contributed by atoms with Crippen molar-refractivity contribution >= 4 is 41.0 Å². The van der Waals surface area contributed by atoms with E-state index in [9.17, 15) is 14.0 Å². The normalized spacial score (nSPS) is 19.1. The lowest BCUT2D eigenvalue weighted by Gasteiger charge is -2.32. The minimum Gasteiger partial charge on any atom is -0.359 e. The van der Waals surface area contributed by atoms with Crippen LogP contribution in [0.3, 0.4) is 0 Å². The average molecular weight is 567 g/mol. The number of hydrogen-bond acceptors (Lipinski definition) is 6. The van der Waals surface area contributed by atoms with Crippen molar-refractivity contribution in [1.82, 2.24) is 24.3 Å². The van der Waals surface area contributed by atoms with Crippen LogP contribution < -0.4 is 10.2 Å². The third kappa shape index (κ3) is 6.85. The number of likely N-dealkylation sites (tertiary alicyclic amines) is 1. The molecule has 2 amide bonds. The van der Waals surface area contributed by atoms with Gasteiger partial charge in [0.05, 0.1) is 5.52 Å². The minimum absolute atomic E-state index is 0.110. The van der Waals surface area contributed by atoms with Gasteiger partial charge in [-0.3, -0.25) is 24.1 Å². The first-order valence-corrected chi connectivity index (χ1v) is 15.0. The summed E-state index contributed by atoms with van der Waals surface area (Å²) in [6, 6.07) is 15.1. The summed E-state index contributed by atoms with van der Waals surface area (Å²) in [7, 11) is 3.49. The second-order valence-electron chi connectivity index (χ2n) is 10.9. The van der Waals surface area contributed by atoms with Gasteiger partial charge in [-0.05, 0) is 92.0 Å². The van der Waals surface area contributed by atoms with E-state index in [1.165, 1.54) is 20.9 Å². The molecule has 2 aromatic carbocycles. The maximum Gasteiger partial charge on any atom is 0.221 e. The number of anilines is 1. The van der Waals surface area contributed by atoms with Crippen molar-refractivity contribution in [2.45, 2.75) is 55.6 Å². The first-order chi connectivity index (χ1) is 19.4. The van der Waals surface area contributed by atoms with Crippen LogP contribution in [0.1, 0.15) is 49.1 Å². The fraction of sp³-hybridized carbons (Fsp3) is 0.500. The summed E-state index contributed by atoms with van der Waals surface area (Å²) in [4.78, 5) is 28.7. The van der Waals surface area contributed by atoms with Crippen molar-refractivity contribution in [1.29, 1.82) is 0 Å². The molecule has 2 fully saturated rings. The van der Waals surface area contributed by atoms with Crippen molar-refractivity contribution in [2.75, 3.05) is 44.7 Å². The van der Waals surface area contributed by atoms with Gasteiger partial charge in [0.25, 0.3) is 0 Å². The summed E-state index contributed by atoms with van der Waals surface area (Å²) < 4.78 is 17.8. The molecule has 0 bridgehead atoms. The lowest BCUT2D eigenvalue weighted by Crippen LogP contribution is -2.32. The van der Waals surface area contributed by atoms with E-state index < -0.39 is 6.17 Å². The Bertz CT molecular complexity index is 1320. The largest absolute Gasteiger partial charge is 0.359 e. The molecule has 0 radical (unpaired) electrons. The van der Waals surface area contributed by atoms with Gasteiger partial charge in [-0.1, -0.05) is 18.2 Å². The Hall–Kier alpha value is -2.95. The Labute approximate surface area is 240 Å². The van der Waals surface area contributed by atoms with Gasteiger partial charge in [0.2, 0.25) is 12.3 Å². The summed E-state index contributed by atoms with van der Waals surface area (Å²) in [6.45, 7) is 4.74. The van der Waals surface area contributed by atoms with Gasteiger partial charge in [0.15, 0.2) is 5.82 Å². The summed E-state index contributed by atoms with van der Waals surface area (Å²) in [5, 5.41) is 8.11. The molecular weight excluding hydrogens is 527 g/mol. The van der Waals surface area contributed by atoms with Crippen LogP contribution >= 0.6 is 11.9 Å². The second-order valence-corrected chi connectivity index (χ2v) is 12.0. The van der Waals surface area contributed by atoms with E-state index in [0.29, 0.717) is 24.7 Å². The Morgan fingerprint density at radius 3 is 2.75 bits per heavy atom. The van der Waals surface area contributed by atoms with Crippen molar-refractivity contribution in [3.05, 3.63) is 53.6 Å². The molecule has 0 saturated carbocycles. The second kappa shape index (κ2) is 13.1. The molecule has 0 unspecified atom stereocenters. The first-order valence-electron chi connectivity index (χ1n) is 14.2. The number of fused-ring (bicyclic) bond motifs is 1. The SMILES string of the molecule is CNC(=O)CCN(C=O)c1nn(C)c2cc(C3CCN(Cc4cccc(SN5CCC[C@H](F)C5)c4)CC3)ccc12. The third-order valence-corrected chi connectivity index (χ3v) is 9.09. The predicted molar refractivity (Wildman–Crippen MR) is 158 cm³/mol. The Morgan fingerprint density at radius 1 is 1.18 bits per heavy atom. The molecule has 3 heterocycles. The lowest BCUT2D eigenvalue weighted by atomic mass is 9.89. The molecule has 40 heavy (non-hydrogen) atoms. The van der Waals surface area contributed by atoms with Gasteiger partial charge in [-0.15, -0.1) is 0 Å². The third-order valence-electron chi connectivity index (χ3n) is 8.04. The van der Waals surface area contributed by atoms with E-state index in [1.54, 1.807) is 19.0 Å². The topological polar surface area (TPSA) is 73.7 Å². The molecule has 2 aliphatic heterocycles. The van der Waals surface area contributed by atoms with Crippen molar-refractivity contribution < 1.29 is 14.0 Å². The van der Waals surface area contributed by atoms with Crippen LogP contribution in [-0.4, -0.2) is 77.2 Å². The molecule has 2 aliphatic rings. The molecule has 1 atom stereocenters. The molecule has 0 spiro atoms. The number of carbonyl (C=O) groups excluding carboxylic acids is 2. The highest BCUT2D eigenvalue weighted by atomic mass is 32.2. The van der Waals surface area contributed by atoms with E-state index >= 15 is 0 Å². The van der Waals surface area contributed by atoms with Crippen LogP contribution in [0.25, 0.3) is 10.9 Å². The highest BCUT2D eigenvalue weighted by molar-refractivity contribution is 7.97. The molecule has 8 nitrogen and oxygen atoms in total. The molecule has 1 aromatic heterocycles. The zero-order chi connectivity index (χ0) is 28.1. The maximum atomic E-state index is 13.8. The number of piperidine rings is 2. The number of nitrogens with zero attached hydrogens (tertiary/aromatic N) is 5. The molecule has 2 saturated heterocycles. The van der Waals surface area contributed by atoms with Crippen molar-refractivity contribution in [3.63, 3.8) is 0 Å². The molecule has 10 heteroatoms. The van der Waals surface area contributed by atoms with Gasteiger partial charge in [-0.25, -0.2) is 8.70 Å². The first kappa shape index (κ1) is 28.6. The monoisotopic (exact) mass is 566 g/mol. The molecular formula is C30H39FN6O2S. The summed E-state index contributed by atoms with van der Waals surface area (Å²) in [5.74, 6) is 0.952. The molecule has 214 valence electrons. The Balaban J connectivity index is 1.19. The van der Waals surface area contributed by atoms with E-state index in [2.05, 4.69) is 62.1 Å².